The van der Waals surface area contributed by atoms with Crippen LogP contribution in [-0.4, -0.2) is 24.3 Å². The lowest BCUT2D eigenvalue weighted by molar-refractivity contribution is -0.140. The van der Waals surface area contributed by atoms with E-state index in [1.165, 1.54) is 29.9 Å². The van der Waals surface area contributed by atoms with Crippen molar-refractivity contribution in [3.63, 3.8) is 0 Å². The lowest BCUT2D eigenvalue weighted by Gasteiger charge is -2.25. The van der Waals surface area contributed by atoms with Crippen molar-refractivity contribution in [1.82, 2.24) is 4.57 Å². The first kappa shape index (κ1) is 31.2. The fourth-order valence-corrected chi connectivity index (χ4v) is 6.10. The first-order valence-corrected chi connectivity index (χ1v) is 15.4. The number of thiazole rings is 1. The molecule has 0 spiro atoms. The molecule has 0 bridgehead atoms. The van der Waals surface area contributed by atoms with Crippen molar-refractivity contribution in [2.75, 3.05) is 13.7 Å². The minimum Gasteiger partial charge on any atom is -0.493 e. The molecule has 0 aliphatic carbocycles. The molecule has 0 saturated heterocycles. The van der Waals surface area contributed by atoms with Gasteiger partial charge in [0.2, 0.25) is 0 Å². The number of aromatic nitrogens is 1. The van der Waals surface area contributed by atoms with E-state index in [0.717, 1.165) is 23.3 Å². The third-order valence-corrected chi connectivity index (χ3v) is 8.50. The molecular weight excluding hydrogens is 603 g/mol. The zero-order chi connectivity index (χ0) is 31.4. The summed E-state index contributed by atoms with van der Waals surface area (Å²) >= 11 is 7.35. The Morgan fingerprint density at radius 1 is 1.11 bits per heavy atom. The van der Waals surface area contributed by atoms with Crippen molar-refractivity contribution >= 4 is 35.0 Å². The summed E-state index contributed by atoms with van der Waals surface area (Å²) in [5, 5.41) is 0.173. The number of rotatable bonds is 10. The van der Waals surface area contributed by atoms with Gasteiger partial charge in [0.15, 0.2) is 16.3 Å². The van der Waals surface area contributed by atoms with Gasteiger partial charge in [-0.15, -0.1) is 0 Å². The summed E-state index contributed by atoms with van der Waals surface area (Å²) in [6, 6.07) is 18.1. The van der Waals surface area contributed by atoms with Gasteiger partial charge in [0.1, 0.15) is 12.4 Å². The van der Waals surface area contributed by atoms with Crippen LogP contribution in [0.3, 0.4) is 0 Å². The van der Waals surface area contributed by atoms with Crippen LogP contribution < -0.4 is 24.4 Å². The molecule has 44 heavy (non-hydrogen) atoms. The SMILES string of the molecule is COc1cc(C2C(C(=O)OCc3ccccc3)=C(C)N=c3sc(=Cc4c(F)cccc4Cl)c(=O)n32)ccc1OCCC(C)C. The zero-order valence-corrected chi connectivity index (χ0v) is 26.4. The van der Waals surface area contributed by atoms with Crippen molar-refractivity contribution in [1.29, 1.82) is 0 Å². The van der Waals surface area contributed by atoms with Gasteiger partial charge in [-0.2, -0.15) is 0 Å². The van der Waals surface area contributed by atoms with Gasteiger partial charge < -0.3 is 14.2 Å². The Bertz CT molecular complexity index is 1880. The number of nitrogens with zero attached hydrogens (tertiary/aromatic N) is 2. The molecule has 0 fully saturated rings. The highest BCUT2D eigenvalue weighted by molar-refractivity contribution is 7.07. The monoisotopic (exact) mass is 634 g/mol. The van der Waals surface area contributed by atoms with Gasteiger partial charge in [-0.3, -0.25) is 9.36 Å². The highest BCUT2D eigenvalue weighted by atomic mass is 35.5. The van der Waals surface area contributed by atoms with Crippen LogP contribution in [0, 0.1) is 11.7 Å². The number of allylic oxidation sites excluding steroid dienone is 1. The maximum atomic E-state index is 14.7. The van der Waals surface area contributed by atoms with Crippen LogP contribution in [0.15, 0.2) is 87.8 Å². The van der Waals surface area contributed by atoms with Crippen molar-refractivity contribution in [3.05, 3.63) is 125 Å². The highest BCUT2D eigenvalue weighted by Gasteiger charge is 2.34. The average Bonchev–Trinajstić information content (AvgIpc) is 3.31. The number of hydrogen-bond donors (Lipinski definition) is 0. The molecule has 4 aromatic rings. The second-order valence-corrected chi connectivity index (χ2v) is 12.1. The van der Waals surface area contributed by atoms with Crippen molar-refractivity contribution < 1.29 is 23.4 Å². The van der Waals surface area contributed by atoms with Crippen LogP contribution in [0.1, 0.15) is 49.9 Å². The van der Waals surface area contributed by atoms with E-state index in [4.69, 9.17) is 25.8 Å². The van der Waals surface area contributed by atoms with E-state index in [9.17, 15) is 14.0 Å². The van der Waals surface area contributed by atoms with Crippen molar-refractivity contribution in [2.24, 2.45) is 10.9 Å². The average molecular weight is 635 g/mol. The van der Waals surface area contributed by atoms with Gasteiger partial charge in [0.05, 0.1) is 40.6 Å². The Balaban J connectivity index is 1.63. The molecule has 1 aliphatic heterocycles. The number of esters is 1. The van der Waals surface area contributed by atoms with Crippen LogP contribution in [0.5, 0.6) is 11.5 Å². The molecule has 228 valence electrons. The smallest absolute Gasteiger partial charge is 0.338 e. The second-order valence-electron chi connectivity index (χ2n) is 10.7. The predicted octanol–water partition coefficient (Wildman–Crippen LogP) is 6.20. The molecule has 2 heterocycles. The van der Waals surface area contributed by atoms with Gasteiger partial charge in [0.25, 0.3) is 5.56 Å². The Labute approximate surface area is 263 Å². The lowest BCUT2D eigenvalue weighted by atomic mass is 9.95. The van der Waals surface area contributed by atoms with Gasteiger partial charge in [-0.05, 0) is 60.7 Å². The summed E-state index contributed by atoms with van der Waals surface area (Å²) in [6.07, 6.45) is 2.28. The topological polar surface area (TPSA) is 79.1 Å². The fourth-order valence-electron chi connectivity index (χ4n) is 4.86. The number of fused-ring (bicyclic) bond motifs is 1. The largest absolute Gasteiger partial charge is 0.493 e. The van der Waals surface area contributed by atoms with E-state index >= 15 is 0 Å². The number of carbonyl (C=O) groups is 1. The third-order valence-electron chi connectivity index (χ3n) is 7.19. The molecule has 1 aromatic heterocycles. The Hall–Kier alpha value is -4.21. The Morgan fingerprint density at radius 2 is 1.89 bits per heavy atom. The van der Waals surface area contributed by atoms with Gasteiger partial charge in [-0.25, -0.2) is 14.2 Å². The first-order valence-electron chi connectivity index (χ1n) is 14.2. The number of carbonyl (C=O) groups excluding carboxylic acids is 1. The quantitative estimate of drug-likeness (QED) is 0.194. The number of benzene rings is 3. The van der Waals surface area contributed by atoms with Gasteiger partial charge in [0, 0.05) is 5.56 Å². The molecule has 1 atom stereocenters. The van der Waals surface area contributed by atoms with Crippen LogP contribution in [0.25, 0.3) is 6.08 Å². The molecular formula is C34H32ClFN2O5S. The Morgan fingerprint density at radius 3 is 2.59 bits per heavy atom. The zero-order valence-electron chi connectivity index (χ0n) is 24.8. The molecule has 0 amide bonds. The number of ether oxygens (including phenoxy) is 3. The number of halogens is 2. The fraction of sp³-hybridized carbons (Fsp3) is 0.265. The van der Waals surface area contributed by atoms with E-state index < -0.39 is 23.4 Å². The van der Waals surface area contributed by atoms with Crippen LogP contribution >= 0.6 is 22.9 Å². The normalized spacial score (nSPS) is 14.8. The number of hydrogen-bond acceptors (Lipinski definition) is 7. The van der Waals surface area contributed by atoms with E-state index in [0.29, 0.717) is 40.1 Å². The van der Waals surface area contributed by atoms with E-state index in [2.05, 4.69) is 18.8 Å². The molecule has 10 heteroatoms. The van der Waals surface area contributed by atoms with E-state index in [-0.39, 0.29) is 27.3 Å². The predicted molar refractivity (Wildman–Crippen MR) is 169 cm³/mol. The summed E-state index contributed by atoms with van der Waals surface area (Å²) in [7, 11) is 1.54. The summed E-state index contributed by atoms with van der Waals surface area (Å²) in [4.78, 5) is 32.7. The van der Waals surface area contributed by atoms with Gasteiger partial charge in [-0.1, -0.05) is 79.2 Å². The second kappa shape index (κ2) is 13.6. The molecule has 3 aromatic carbocycles. The van der Waals surface area contributed by atoms with Gasteiger partial charge >= 0.3 is 5.97 Å². The molecule has 1 unspecified atom stereocenters. The Kier molecular flexibility index (Phi) is 9.66. The summed E-state index contributed by atoms with van der Waals surface area (Å²) in [5.74, 6) is 0.310. The summed E-state index contributed by atoms with van der Waals surface area (Å²) in [6.45, 7) is 6.50. The van der Waals surface area contributed by atoms with E-state index in [1.54, 1.807) is 31.2 Å². The molecule has 7 nitrogen and oxygen atoms in total. The standard InChI is InChI=1S/C34H32ClFN2O5S/c1-20(2)15-16-42-27-14-13-23(17-28(27)41-4)31-30(33(40)43-19-22-9-6-5-7-10-22)21(3)37-34-38(31)32(39)29(44-34)18-24-25(35)11-8-12-26(24)36/h5-14,17-18,20,31H,15-16,19H2,1-4H3. The summed E-state index contributed by atoms with van der Waals surface area (Å²) < 4.78 is 33.7. The summed E-state index contributed by atoms with van der Waals surface area (Å²) in [5.41, 5.74) is 1.67. The first-order chi connectivity index (χ1) is 21.2. The highest BCUT2D eigenvalue weighted by Crippen LogP contribution is 2.36. The van der Waals surface area contributed by atoms with E-state index in [1.807, 2.05) is 30.3 Å². The van der Waals surface area contributed by atoms with Crippen molar-refractivity contribution in [3.8, 4) is 11.5 Å². The molecule has 5 rings (SSSR count). The van der Waals surface area contributed by atoms with Crippen LogP contribution in [0.2, 0.25) is 5.02 Å². The maximum absolute atomic E-state index is 14.7. The van der Waals surface area contributed by atoms with Crippen molar-refractivity contribution in [2.45, 2.75) is 39.8 Å². The van der Waals surface area contributed by atoms with Crippen LogP contribution in [0.4, 0.5) is 4.39 Å². The molecule has 1 aliphatic rings. The minimum absolute atomic E-state index is 0.0470. The third kappa shape index (κ3) is 6.64. The number of methoxy groups -OCH3 is 1. The van der Waals surface area contributed by atoms with Crippen LogP contribution in [-0.2, 0) is 16.1 Å². The maximum Gasteiger partial charge on any atom is 0.338 e. The molecule has 0 radical (unpaired) electrons. The molecule has 0 N–H and O–H groups in total. The lowest BCUT2D eigenvalue weighted by Crippen LogP contribution is -2.40. The minimum atomic E-state index is -0.897. The molecule has 0 saturated carbocycles.